The van der Waals surface area contributed by atoms with Crippen LogP contribution in [-0.2, 0) is 4.79 Å². The van der Waals surface area contributed by atoms with E-state index in [1.54, 1.807) is 12.1 Å². The second-order valence-electron chi connectivity index (χ2n) is 6.55. The predicted molar refractivity (Wildman–Crippen MR) is 97.6 cm³/mol. The second-order valence-corrected chi connectivity index (χ2v) is 6.55. The van der Waals surface area contributed by atoms with E-state index in [-0.39, 0.29) is 24.0 Å². The van der Waals surface area contributed by atoms with E-state index < -0.39 is 6.36 Å². The number of hydrogen-bond donors (Lipinski definition) is 3. The van der Waals surface area contributed by atoms with Crippen LogP contribution in [0.4, 0.5) is 24.5 Å². The minimum Gasteiger partial charge on any atom is -0.508 e. The first-order valence-electron chi connectivity index (χ1n) is 8.82. The maximum Gasteiger partial charge on any atom is 0.573 e. The Balaban J connectivity index is 1.45. The van der Waals surface area contributed by atoms with E-state index in [4.69, 9.17) is 0 Å². The van der Waals surface area contributed by atoms with Crippen LogP contribution in [0.2, 0.25) is 0 Å². The minimum absolute atomic E-state index is 0.197. The number of hydrogen-bond acceptors (Lipinski definition) is 4. The van der Waals surface area contributed by atoms with Gasteiger partial charge in [0.15, 0.2) is 6.54 Å². The standard InChI is InChI=1S/C19H20F3N3O3/c20-19(21,22)28-17-7-1-14(2-8-17)23-18(27)13-24-9-11-25(12-10-24)15-3-5-16(26)6-4-15/h1-8,26H,9-13H2,(H,23,27)/p+1. The molecule has 1 heterocycles. The van der Waals surface area contributed by atoms with Crippen molar-refractivity contribution in [2.24, 2.45) is 0 Å². The largest absolute Gasteiger partial charge is 0.573 e. The molecule has 6 nitrogen and oxygen atoms in total. The number of carbonyl (C=O) groups excluding carboxylic acids is 1. The smallest absolute Gasteiger partial charge is 0.508 e. The molecule has 0 atom stereocenters. The number of nitrogens with zero attached hydrogens (tertiary/aromatic N) is 1. The zero-order chi connectivity index (χ0) is 20.1. The number of ether oxygens (including phenoxy) is 1. The summed E-state index contributed by atoms with van der Waals surface area (Å²) in [7, 11) is 0. The first-order valence-corrected chi connectivity index (χ1v) is 8.82. The highest BCUT2D eigenvalue weighted by molar-refractivity contribution is 5.91. The van der Waals surface area contributed by atoms with Crippen molar-refractivity contribution in [2.75, 3.05) is 42.9 Å². The molecule has 2 aromatic rings. The Morgan fingerprint density at radius 2 is 1.68 bits per heavy atom. The van der Waals surface area contributed by atoms with Gasteiger partial charge < -0.3 is 25.0 Å². The minimum atomic E-state index is -4.74. The van der Waals surface area contributed by atoms with E-state index in [0.29, 0.717) is 5.69 Å². The Labute approximate surface area is 160 Å². The summed E-state index contributed by atoms with van der Waals surface area (Å²) in [5, 5.41) is 12.0. The van der Waals surface area contributed by atoms with Crippen LogP contribution in [0.15, 0.2) is 48.5 Å². The van der Waals surface area contributed by atoms with Crippen molar-refractivity contribution >= 4 is 17.3 Å². The third kappa shape index (κ3) is 5.78. The molecule has 1 saturated heterocycles. The quantitative estimate of drug-likeness (QED) is 0.719. The van der Waals surface area contributed by atoms with Gasteiger partial charge in [0.1, 0.15) is 11.5 Å². The molecular weight excluding hydrogens is 375 g/mol. The molecule has 0 aromatic heterocycles. The van der Waals surface area contributed by atoms with E-state index in [1.165, 1.54) is 12.1 Å². The summed E-state index contributed by atoms with van der Waals surface area (Å²) >= 11 is 0. The van der Waals surface area contributed by atoms with Gasteiger partial charge in [-0.1, -0.05) is 0 Å². The lowest BCUT2D eigenvalue weighted by Gasteiger charge is -2.33. The fourth-order valence-electron chi connectivity index (χ4n) is 3.09. The zero-order valence-corrected chi connectivity index (χ0v) is 15.0. The predicted octanol–water partition coefficient (Wildman–Crippen LogP) is 1.63. The molecule has 0 bridgehead atoms. The van der Waals surface area contributed by atoms with Gasteiger partial charge in [0.25, 0.3) is 5.91 Å². The third-order valence-corrected chi connectivity index (χ3v) is 4.47. The normalized spacial score (nSPS) is 15.3. The van der Waals surface area contributed by atoms with E-state index >= 15 is 0 Å². The number of amides is 1. The van der Waals surface area contributed by atoms with Crippen LogP contribution in [0.3, 0.4) is 0 Å². The monoisotopic (exact) mass is 396 g/mol. The number of aromatic hydroxyl groups is 1. The zero-order valence-electron chi connectivity index (χ0n) is 15.0. The topological polar surface area (TPSA) is 66.2 Å². The van der Waals surface area contributed by atoms with E-state index in [0.717, 1.165) is 48.9 Å². The van der Waals surface area contributed by atoms with Crippen molar-refractivity contribution in [1.29, 1.82) is 0 Å². The molecule has 1 aliphatic rings. The molecule has 1 aliphatic heterocycles. The number of piperazine rings is 1. The molecule has 1 amide bonds. The number of carbonyl (C=O) groups is 1. The first-order chi connectivity index (χ1) is 13.3. The van der Waals surface area contributed by atoms with Crippen LogP contribution in [0.5, 0.6) is 11.5 Å². The number of phenols is 1. The maximum absolute atomic E-state index is 12.2. The summed E-state index contributed by atoms with van der Waals surface area (Å²) in [4.78, 5) is 15.5. The number of phenolic OH excluding ortho intramolecular Hbond substituents is 1. The number of benzene rings is 2. The van der Waals surface area contributed by atoms with Gasteiger partial charge in [0, 0.05) is 11.4 Å². The highest BCUT2D eigenvalue weighted by atomic mass is 19.4. The lowest BCUT2D eigenvalue weighted by atomic mass is 10.2. The number of anilines is 2. The van der Waals surface area contributed by atoms with Crippen molar-refractivity contribution in [2.45, 2.75) is 6.36 Å². The van der Waals surface area contributed by atoms with Crippen molar-refractivity contribution in [3.63, 3.8) is 0 Å². The van der Waals surface area contributed by atoms with Gasteiger partial charge in [-0.2, -0.15) is 0 Å². The molecule has 9 heteroatoms. The molecule has 0 unspecified atom stereocenters. The number of quaternary nitrogens is 1. The second kappa shape index (κ2) is 8.39. The fourth-order valence-corrected chi connectivity index (χ4v) is 3.09. The lowest BCUT2D eigenvalue weighted by molar-refractivity contribution is -0.892. The van der Waals surface area contributed by atoms with Crippen molar-refractivity contribution in [3.05, 3.63) is 48.5 Å². The van der Waals surface area contributed by atoms with Gasteiger partial charge in [-0.25, -0.2) is 0 Å². The van der Waals surface area contributed by atoms with Crippen molar-refractivity contribution < 1.29 is 32.7 Å². The summed E-state index contributed by atoms with van der Waals surface area (Å²) in [5.74, 6) is -0.304. The van der Waals surface area contributed by atoms with E-state index in [9.17, 15) is 23.1 Å². The van der Waals surface area contributed by atoms with Gasteiger partial charge in [0.2, 0.25) is 0 Å². The van der Waals surface area contributed by atoms with Crippen molar-refractivity contribution in [3.8, 4) is 11.5 Å². The Hall–Kier alpha value is -2.94. The van der Waals surface area contributed by atoms with Gasteiger partial charge in [-0.05, 0) is 48.5 Å². The third-order valence-electron chi connectivity index (χ3n) is 4.47. The number of rotatable bonds is 5. The molecule has 28 heavy (non-hydrogen) atoms. The number of nitrogens with one attached hydrogen (secondary N) is 2. The Kier molecular flexibility index (Phi) is 5.93. The van der Waals surface area contributed by atoms with E-state index in [1.807, 2.05) is 12.1 Å². The molecule has 0 spiro atoms. The van der Waals surface area contributed by atoms with Gasteiger partial charge >= 0.3 is 6.36 Å². The molecule has 3 rings (SSSR count). The highest BCUT2D eigenvalue weighted by Gasteiger charge is 2.31. The summed E-state index contributed by atoms with van der Waals surface area (Å²) in [6, 6.07) is 12.1. The molecule has 0 saturated carbocycles. The number of alkyl halides is 3. The summed E-state index contributed by atoms with van der Waals surface area (Å²) < 4.78 is 40.3. The van der Waals surface area contributed by atoms with Gasteiger partial charge in [-0.15, -0.1) is 13.2 Å². The summed E-state index contributed by atoms with van der Waals surface area (Å²) in [5.41, 5.74) is 1.45. The van der Waals surface area contributed by atoms with Crippen molar-refractivity contribution in [1.82, 2.24) is 0 Å². The molecule has 0 aliphatic carbocycles. The molecule has 2 aromatic carbocycles. The average molecular weight is 396 g/mol. The Morgan fingerprint density at radius 1 is 1.07 bits per heavy atom. The highest BCUT2D eigenvalue weighted by Crippen LogP contribution is 2.24. The fraction of sp³-hybridized carbons (Fsp3) is 0.316. The number of halogens is 3. The van der Waals surface area contributed by atoms with Crippen LogP contribution in [0.25, 0.3) is 0 Å². The Bertz CT molecular complexity index is 787. The SMILES string of the molecule is O=C(C[NH+]1CCN(c2ccc(O)cc2)CC1)Nc1ccc(OC(F)(F)F)cc1. The van der Waals surface area contributed by atoms with Crippen LogP contribution in [0, 0.1) is 0 Å². The molecule has 0 radical (unpaired) electrons. The Morgan fingerprint density at radius 3 is 2.25 bits per heavy atom. The molecule has 1 fully saturated rings. The lowest BCUT2D eigenvalue weighted by Crippen LogP contribution is -3.15. The maximum atomic E-state index is 12.2. The van der Waals surface area contributed by atoms with Gasteiger partial charge in [-0.3, -0.25) is 4.79 Å². The van der Waals surface area contributed by atoms with E-state index in [2.05, 4.69) is 15.0 Å². The van der Waals surface area contributed by atoms with Crippen LogP contribution in [0.1, 0.15) is 0 Å². The first kappa shape index (κ1) is 19.8. The van der Waals surface area contributed by atoms with Crippen LogP contribution >= 0.6 is 0 Å². The van der Waals surface area contributed by atoms with Crippen LogP contribution < -0.4 is 19.9 Å². The summed E-state index contributed by atoms with van der Waals surface area (Å²) in [6.45, 7) is 3.43. The average Bonchev–Trinajstić information content (AvgIpc) is 2.63. The van der Waals surface area contributed by atoms with Gasteiger partial charge in [0.05, 0.1) is 26.2 Å². The summed E-state index contributed by atoms with van der Waals surface area (Å²) in [6.07, 6.45) is -4.74. The molecular formula is C19H21F3N3O3+. The molecule has 3 N–H and O–H groups in total. The molecule has 150 valence electrons. The van der Waals surface area contributed by atoms with Crippen LogP contribution in [-0.4, -0.2) is 50.1 Å².